The molecule has 1 heterocycles. The summed E-state index contributed by atoms with van der Waals surface area (Å²) >= 11 is 0. The molecule has 0 fully saturated rings. The molecule has 0 saturated carbocycles. The highest BCUT2D eigenvalue weighted by Crippen LogP contribution is 2.28. The van der Waals surface area contributed by atoms with Crippen molar-refractivity contribution in [3.63, 3.8) is 0 Å². The van der Waals surface area contributed by atoms with Gasteiger partial charge in [0, 0.05) is 12.6 Å². The van der Waals surface area contributed by atoms with Crippen molar-refractivity contribution in [2.75, 3.05) is 18.5 Å². The molecule has 0 unspecified atom stereocenters. The van der Waals surface area contributed by atoms with E-state index >= 15 is 0 Å². The Balaban J connectivity index is 2.24. The van der Waals surface area contributed by atoms with Gasteiger partial charge >= 0.3 is 0 Å². The molecular formula is C14H21N3O3S. The molecule has 2 rings (SSSR count). The van der Waals surface area contributed by atoms with Crippen LogP contribution in [-0.2, 0) is 10.0 Å². The number of aliphatic imine (C=N–C) groups is 1. The lowest BCUT2D eigenvalue weighted by Crippen LogP contribution is -2.40. The molecule has 0 atom stereocenters. The quantitative estimate of drug-likeness (QED) is 0.873. The molecule has 0 aliphatic carbocycles. The first-order valence-electron chi connectivity index (χ1n) is 7.03. The van der Waals surface area contributed by atoms with Crippen LogP contribution in [0.4, 0.5) is 5.69 Å². The van der Waals surface area contributed by atoms with E-state index in [1.165, 1.54) is 6.07 Å². The zero-order valence-corrected chi connectivity index (χ0v) is 13.3. The number of hydrogen-bond donors (Lipinski definition) is 2. The van der Waals surface area contributed by atoms with Gasteiger partial charge in [0.15, 0.2) is 0 Å². The number of hydrogen-bond acceptors (Lipinski definition) is 4. The lowest BCUT2D eigenvalue weighted by atomic mass is 10.1. The smallest absolute Gasteiger partial charge is 0.266 e. The molecule has 21 heavy (non-hydrogen) atoms. The van der Waals surface area contributed by atoms with Gasteiger partial charge in [0.25, 0.3) is 10.0 Å². The van der Waals surface area contributed by atoms with Crippen molar-refractivity contribution in [1.29, 1.82) is 0 Å². The minimum Gasteiger partial charge on any atom is -0.494 e. The molecule has 2 N–H and O–H groups in total. The number of guanidine groups is 1. The third kappa shape index (κ3) is 3.87. The second kappa shape index (κ2) is 6.34. The van der Waals surface area contributed by atoms with Crippen LogP contribution >= 0.6 is 0 Å². The molecule has 1 aromatic rings. The molecule has 0 bridgehead atoms. The van der Waals surface area contributed by atoms with Gasteiger partial charge in [-0.15, -0.1) is 0 Å². The minimum atomic E-state index is -3.61. The summed E-state index contributed by atoms with van der Waals surface area (Å²) in [5, 5.41) is 3.00. The predicted molar refractivity (Wildman–Crippen MR) is 83.3 cm³/mol. The van der Waals surface area contributed by atoms with Gasteiger partial charge in [-0.3, -0.25) is 4.99 Å². The summed E-state index contributed by atoms with van der Waals surface area (Å²) in [4.78, 5) is 4.44. The molecule has 0 radical (unpaired) electrons. The monoisotopic (exact) mass is 311 g/mol. The Morgan fingerprint density at radius 1 is 1.33 bits per heavy atom. The Bertz CT molecular complexity index is 639. The first-order valence-corrected chi connectivity index (χ1v) is 8.52. The van der Waals surface area contributed by atoms with Gasteiger partial charge in [-0.2, -0.15) is 0 Å². The van der Waals surface area contributed by atoms with Crippen molar-refractivity contribution in [3.05, 3.63) is 18.2 Å². The molecule has 116 valence electrons. The second-order valence-electron chi connectivity index (χ2n) is 5.23. The van der Waals surface area contributed by atoms with Crippen LogP contribution in [0.5, 0.6) is 5.75 Å². The molecule has 0 amide bonds. The standard InChI is InChI=1S/C14H21N3O3S/c1-4-20-11-5-6-12-13(9-11)21(18,19)17-14(16-12)15-8-7-10(2)3/h5-6,9-10H,4,7-8H2,1-3H3,(H2,15,16,17). The predicted octanol–water partition coefficient (Wildman–Crippen LogP) is 2.19. The Kier molecular flexibility index (Phi) is 4.72. The summed E-state index contributed by atoms with van der Waals surface area (Å²) in [5.74, 6) is 1.33. The minimum absolute atomic E-state index is 0.177. The third-order valence-corrected chi connectivity index (χ3v) is 4.39. The van der Waals surface area contributed by atoms with Crippen molar-refractivity contribution in [1.82, 2.24) is 4.72 Å². The maximum absolute atomic E-state index is 12.2. The first-order chi connectivity index (χ1) is 9.92. The fourth-order valence-electron chi connectivity index (χ4n) is 1.93. The number of rotatable bonds is 5. The topological polar surface area (TPSA) is 79.8 Å². The Morgan fingerprint density at radius 2 is 2.10 bits per heavy atom. The Hall–Kier alpha value is -1.76. The highest BCUT2D eigenvalue weighted by Gasteiger charge is 2.27. The molecule has 0 spiro atoms. The van der Waals surface area contributed by atoms with Crippen LogP contribution in [0.25, 0.3) is 0 Å². The van der Waals surface area contributed by atoms with Gasteiger partial charge in [0.2, 0.25) is 5.96 Å². The van der Waals surface area contributed by atoms with Gasteiger partial charge in [-0.05, 0) is 31.4 Å². The van der Waals surface area contributed by atoms with Crippen molar-refractivity contribution >= 4 is 21.7 Å². The lowest BCUT2D eigenvalue weighted by Gasteiger charge is -2.22. The van der Waals surface area contributed by atoms with Crippen LogP contribution in [0, 0.1) is 5.92 Å². The van der Waals surface area contributed by atoms with Crippen molar-refractivity contribution in [2.45, 2.75) is 32.1 Å². The summed E-state index contributed by atoms with van der Waals surface area (Å²) in [6.45, 7) is 7.12. The van der Waals surface area contributed by atoms with Crippen molar-refractivity contribution in [2.24, 2.45) is 10.9 Å². The maximum Gasteiger partial charge on any atom is 0.266 e. The summed E-state index contributed by atoms with van der Waals surface area (Å²) < 4.78 is 32.3. The van der Waals surface area contributed by atoms with E-state index in [1.807, 2.05) is 6.92 Å². The van der Waals surface area contributed by atoms with Crippen molar-refractivity contribution < 1.29 is 13.2 Å². The first kappa shape index (κ1) is 15.6. The van der Waals surface area contributed by atoms with Crippen LogP contribution in [0.3, 0.4) is 0 Å². The summed E-state index contributed by atoms with van der Waals surface area (Å²) in [7, 11) is -3.61. The number of ether oxygens (including phenoxy) is 1. The zero-order valence-electron chi connectivity index (χ0n) is 12.5. The molecule has 1 aliphatic heterocycles. The number of nitrogens with one attached hydrogen (secondary N) is 2. The number of nitrogens with zero attached hydrogens (tertiary/aromatic N) is 1. The van der Waals surface area contributed by atoms with Crippen LogP contribution < -0.4 is 14.8 Å². The third-order valence-electron chi connectivity index (χ3n) is 3.01. The Labute approximate surface area is 125 Å². The van der Waals surface area contributed by atoms with E-state index < -0.39 is 10.0 Å². The number of benzene rings is 1. The SMILES string of the molecule is CCOc1ccc2c(c1)S(=O)(=O)NC(=NCCC(C)C)N2. The van der Waals surface area contributed by atoms with Crippen LogP contribution in [0.2, 0.25) is 0 Å². The largest absolute Gasteiger partial charge is 0.494 e. The van der Waals surface area contributed by atoms with Crippen LogP contribution in [0.15, 0.2) is 28.1 Å². The van der Waals surface area contributed by atoms with Gasteiger partial charge in [-0.25, -0.2) is 13.1 Å². The molecule has 0 saturated heterocycles. The molecule has 6 nitrogen and oxygen atoms in total. The number of sulfonamides is 1. The van der Waals surface area contributed by atoms with E-state index in [1.54, 1.807) is 12.1 Å². The van der Waals surface area contributed by atoms with Crippen molar-refractivity contribution in [3.8, 4) is 5.75 Å². The summed E-state index contributed by atoms with van der Waals surface area (Å²) in [6.07, 6.45) is 0.906. The summed E-state index contributed by atoms with van der Waals surface area (Å²) in [6, 6.07) is 4.94. The average molecular weight is 311 g/mol. The number of fused-ring (bicyclic) bond motifs is 1. The molecule has 0 aromatic heterocycles. The highest BCUT2D eigenvalue weighted by molar-refractivity contribution is 7.90. The number of anilines is 1. The van der Waals surface area contributed by atoms with E-state index in [0.29, 0.717) is 30.5 Å². The van der Waals surface area contributed by atoms with Crippen LogP contribution in [-0.4, -0.2) is 27.5 Å². The summed E-state index contributed by atoms with van der Waals surface area (Å²) in [5.41, 5.74) is 0.514. The van der Waals surface area contributed by atoms with E-state index in [9.17, 15) is 8.42 Å². The fraction of sp³-hybridized carbons (Fsp3) is 0.500. The van der Waals surface area contributed by atoms with Gasteiger partial charge < -0.3 is 10.1 Å². The lowest BCUT2D eigenvalue weighted by molar-refractivity contribution is 0.339. The van der Waals surface area contributed by atoms with Gasteiger partial charge in [-0.1, -0.05) is 13.8 Å². The average Bonchev–Trinajstić information content (AvgIpc) is 2.39. The van der Waals surface area contributed by atoms with E-state index in [4.69, 9.17) is 4.74 Å². The fourth-order valence-corrected chi connectivity index (χ4v) is 3.09. The normalized spacial score (nSPS) is 18.0. The zero-order chi connectivity index (χ0) is 15.5. The second-order valence-corrected chi connectivity index (χ2v) is 6.89. The molecule has 7 heteroatoms. The van der Waals surface area contributed by atoms with E-state index in [2.05, 4.69) is 28.9 Å². The van der Waals surface area contributed by atoms with Gasteiger partial charge in [0.1, 0.15) is 10.6 Å². The Morgan fingerprint density at radius 3 is 2.76 bits per heavy atom. The highest BCUT2D eigenvalue weighted by atomic mass is 32.2. The molecule has 1 aliphatic rings. The molecular weight excluding hydrogens is 290 g/mol. The molecule has 1 aromatic carbocycles. The van der Waals surface area contributed by atoms with Gasteiger partial charge in [0.05, 0.1) is 12.3 Å². The van der Waals surface area contributed by atoms with E-state index in [0.717, 1.165) is 6.42 Å². The maximum atomic E-state index is 12.2. The van der Waals surface area contributed by atoms with Crippen LogP contribution in [0.1, 0.15) is 27.2 Å². The van der Waals surface area contributed by atoms with E-state index in [-0.39, 0.29) is 10.9 Å².